The topological polar surface area (TPSA) is 46.9 Å². The van der Waals surface area contributed by atoms with Gasteiger partial charge in [-0.05, 0) is 56.4 Å². The number of hydrogen-bond acceptors (Lipinski definition) is 2. The van der Waals surface area contributed by atoms with Gasteiger partial charge in [-0.15, -0.1) is 0 Å². The first-order chi connectivity index (χ1) is 10.8. The van der Waals surface area contributed by atoms with Crippen LogP contribution in [0.25, 0.3) is 5.69 Å². The molecular weight excluding hydrogens is 274 g/mol. The van der Waals surface area contributed by atoms with E-state index in [1.165, 1.54) is 31.3 Å². The molecule has 0 bridgehead atoms. The number of allylic oxidation sites excluding steroid dienone is 1. The number of amides is 1. The molecule has 1 aromatic carbocycles. The Morgan fingerprint density at radius 2 is 2.23 bits per heavy atom. The molecule has 1 aliphatic rings. The Kier molecular flexibility index (Phi) is 4.68. The smallest absolute Gasteiger partial charge is 0.251 e. The van der Waals surface area contributed by atoms with Crippen molar-refractivity contribution in [3.8, 4) is 5.69 Å². The van der Waals surface area contributed by atoms with Crippen LogP contribution in [0.3, 0.4) is 0 Å². The molecule has 0 fully saturated rings. The van der Waals surface area contributed by atoms with E-state index in [2.05, 4.69) is 16.5 Å². The maximum absolute atomic E-state index is 12.2. The van der Waals surface area contributed by atoms with Crippen LogP contribution in [0.15, 0.2) is 54.4 Å². The molecule has 0 unspecified atom stereocenters. The number of nitrogens with one attached hydrogen (secondary N) is 1. The van der Waals surface area contributed by atoms with Crippen LogP contribution in [-0.4, -0.2) is 22.2 Å². The van der Waals surface area contributed by atoms with Crippen molar-refractivity contribution in [1.29, 1.82) is 0 Å². The highest BCUT2D eigenvalue weighted by atomic mass is 16.1. The number of carbonyl (C=O) groups excluding carboxylic acids is 1. The Morgan fingerprint density at radius 3 is 3.00 bits per heavy atom. The summed E-state index contributed by atoms with van der Waals surface area (Å²) in [7, 11) is 0. The number of benzene rings is 1. The third-order valence-corrected chi connectivity index (χ3v) is 3.99. The van der Waals surface area contributed by atoms with Crippen LogP contribution in [0, 0.1) is 0 Å². The molecule has 1 heterocycles. The van der Waals surface area contributed by atoms with Crippen LogP contribution in [0.4, 0.5) is 0 Å². The van der Waals surface area contributed by atoms with Gasteiger partial charge in [0.25, 0.3) is 5.91 Å². The Morgan fingerprint density at radius 1 is 1.27 bits per heavy atom. The Labute approximate surface area is 130 Å². The summed E-state index contributed by atoms with van der Waals surface area (Å²) in [5, 5.41) is 7.20. The van der Waals surface area contributed by atoms with Gasteiger partial charge in [0, 0.05) is 24.5 Å². The molecule has 114 valence electrons. The zero-order valence-corrected chi connectivity index (χ0v) is 12.7. The van der Waals surface area contributed by atoms with Crippen LogP contribution in [0.5, 0.6) is 0 Å². The van der Waals surface area contributed by atoms with E-state index in [1.54, 1.807) is 10.9 Å². The molecule has 1 aromatic heterocycles. The number of aromatic nitrogens is 2. The molecule has 0 radical (unpaired) electrons. The third kappa shape index (κ3) is 3.64. The molecule has 1 aliphatic carbocycles. The fourth-order valence-electron chi connectivity index (χ4n) is 2.78. The maximum atomic E-state index is 12.2. The summed E-state index contributed by atoms with van der Waals surface area (Å²) in [4.78, 5) is 12.2. The molecule has 0 saturated heterocycles. The fraction of sp³-hybridized carbons (Fsp3) is 0.333. The summed E-state index contributed by atoms with van der Waals surface area (Å²) in [5.74, 6) is -0.0228. The van der Waals surface area contributed by atoms with E-state index in [1.807, 2.05) is 36.5 Å². The summed E-state index contributed by atoms with van der Waals surface area (Å²) in [6.07, 6.45) is 11.8. The number of carbonyl (C=O) groups is 1. The lowest BCUT2D eigenvalue weighted by Gasteiger charge is -2.13. The van der Waals surface area contributed by atoms with Gasteiger partial charge in [0.05, 0.1) is 5.69 Å². The van der Waals surface area contributed by atoms with Crippen molar-refractivity contribution in [2.24, 2.45) is 0 Å². The largest absolute Gasteiger partial charge is 0.352 e. The second-order valence-electron chi connectivity index (χ2n) is 5.62. The highest BCUT2D eigenvalue weighted by Gasteiger charge is 2.08. The van der Waals surface area contributed by atoms with E-state index >= 15 is 0 Å². The van der Waals surface area contributed by atoms with Crippen molar-refractivity contribution in [1.82, 2.24) is 15.1 Å². The van der Waals surface area contributed by atoms with E-state index < -0.39 is 0 Å². The van der Waals surface area contributed by atoms with Crippen molar-refractivity contribution >= 4 is 5.91 Å². The van der Waals surface area contributed by atoms with Gasteiger partial charge < -0.3 is 5.32 Å². The van der Waals surface area contributed by atoms with Crippen LogP contribution in [0.2, 0.25) is 0 Å². The minimum absolute atomic E-state index is 0.0228. The van der Waals surface area contributed by atoms with Gasteiger partial charge in [-0.1, -0.05) is 17.7 Å². The van der Waals surface area contributed by atoms with Gasteiger partial charge in [0.1, 0.15) is 0 Å². The summed E-state index contributed by atoms with van der Waals surface area (Å²) in [6, 6.07) is 9.39. The predicted molar refractivity (Wildman–Crippen MR) is 87.1 cm³/mol. The minimum atomic E-state index is -0.0228. The molecule has 2 aromatic rings. The molecule has 22 heavy (non-hydrogen) atoms. The number of rotatable bonds is 5. The van der Waals surface area contributed by atoms with Crippen molar-refractivity contribution in [2.45, 2.75) is 32.1 Å². The van der Waals surface area contributed by atoms with Gasteiger partial charge in [-0.25, -0.2) is 4.68 Å². The van der Waals surface area contributed by atoms with Crippen LogP contribution < -0.4 is 5.32 Å². The van der Waals surface area contributed by atoms with Crippen molar-refractivity contribution < 1.29 is 4.79 Å². The van der Waals surface area contributed by atoms with Crippen molar-refractivity contribution in [3.05, 3.63) is 59.9 Å². The molecule has 0 aliphatic heterocycles. The van der Waals surface area contributed by atoms with E-state index in [0.29, 0.717) is 12.1 Å². The monoisotopic (exact) mass is 295 g/mol. The molecule has 4 nitrogen and oxygen atoms in total. The highest BCUT2D eigenvalue weighted by molar-refractivity contribution is 5.94. The van der Waals surface area contributed by atoms with E-state index in [9.17, 15) is 4.79 Å². The molecule has 3 rings (SSSR count). The number of nitrogens with zero attached hydrogens (tertiary/aromatic N) is 2. The summed E-state index contributed by atoms with van der Waals surface area (Å²) in [5.41, 5.74) is 3.05. The summed E-state index contributed by atoms with van der Waals surface area (Å²) in [6.45, 7) is 0.705. The lowest BCUT2D eigenvalue weighted by molar-refractivity contribution is 0.0954. The Balaban J connectivity index is 1.58. The molecule has 1 N–H and O–H groups in total. The normalized spacial score (nSPS) is 14.5. The van der Waals surface area contributed by atoms with E-state index in [-0.39, 0.29) is 5.91 Å². The highest BCUT2D eigenvalue weighted by Crippen LogP contribution is 2.19. The van der Waals surface area contributed by atoms with Crippen LogP contribution in [0.1, 0.15) is 42.5 Å². The minimum Gasteiger partial charge on any atom is -0.352 e. The lowest BCUT2D eigenvalue weighted by Crippen LogP contribution is -2.25. The predicted octanol–water partition coefficient (Wildman–Crippen LogP) is 3.49. The van der Waals surface area contributed by atoms with Gasteiger partial charge in [0.15, 0.2) is 0 Å². The average Bonchev–Trinajstić information content (AvgIpc) is 3.10. The van der Waals surface area contributed by atoms with Crippen LogP contribution >= 0.6 is 0 Å². The second kappa shape index (κ2) is 7.07. The first kappa shape index (κ1) is 14.6. The summed E-state index contributed by atoms with van der Waals surface area (Å²) < 4.78 is 1.75. The molecule has 0 saturated carbocycles. The zero-order valence-electron chi connectivity index (χ0n) is 12.7. The molecule has 1 amide bonds. The maximum Gasteiger partial charge on any atom is 0.251 e. The lowest BCUT2D eigenvalue weighted by atomic mass is 9.97. The van der Waals surface area contributed by atoms with Gasteiger partial charge in [0.2, 0.25) is 0 Å². The Hall–Kier alpha value is -2.36. The first-order valence-electron chi connectivity index (χ1n) is 7.89. The van der Waals surface area contributed by atoms with Gasteiger partial charge in [-0.2, -0.15) is 5.10 Å². The zero-order chi connectivity index (χ0) is 15.2. The molecule has 0 spiro atoms. The fourth-order valence-corrected chi connectivity index (χ4v) is 2.78. The van der Waals surface area contributed by atoms with Crippen LogP contribution in [-0.2, 0) is 0 Å². The van der Waals surface area contributed by atoms with Crippen molar-refractivity contribution in [2.75, 3.05) is 6.54 Å². The molecule has 4 heteroatoms. The van der Waals surface area contributed by atoms with E-state index in [4.69, 9.17) is 0 Å². The first-order valence-corrected chi connectivity index (χ1v) is 7.89. The molecular formula is C18H21N3O. The van der Waals surface area contributed by atoms with Crippen molar-refractivity contribution in [3.63, 3.8) is 0 Å². The van der Waals surface area contributed by atoms with Gasteiger partial charge in [-0.3, -0.25) is 4.79 Å². The third-order valence-electron chi connectivity index (χ3n) is 3.99. The average molecular weight is 295 g/mol. The Bertz CT molecular complexity index is 659. The van der Waals surface area contributed by atoms with E-state index in [0.717, 1.165) is 12.1 Å². The van der Waals surface area contributed by atoms with Gasteiger partial charge >= 0.3 is 0 Å². The summed E-state index contributed by atoms with van der Waals surface area (Å²) >= 11 is 0. The second-order valence-corrected chi connectivity index (χ2v) is 5.62. The molecule has 0 atom stereocenters. The number of hydrogen-bond donors (Lipinski definition) is 1. The standard InChI is InChI=1S/C18H21N3O/c22-18(19-12-10-15-6-2-1-3-7-15)16-8-4-9-17(14-16)21-13-5-11-20-21/h4-6,8-9,11,13-14H,1-3,7,10,12H2,(H,19,22). The quantitative estimate of drug-likeness (QED) is 0.858. The SMILES string of the molecule is O=C(NCCC1=CCCCC1)c1cccc(-n2cccn2)c1.